The molecule has 1 aromatic rings. The van der Waals surface area contributed by atoms with Gasteiger partial charge in [-0.15, -0.1) is 11.3 Å². The van der Waals surface area contributed by atoms with Gasteiger partial charge in [0.05, 0.1) is 12.1 Å². The van der Waals surface area contributed by atoms with E-state index in [1.165, 1.54) is 11.3 Å². The maximum Gasteiger partial charge on any atom is 0.251 e. The lowest BCUT2D eigenvalue weighted by molar-refractivity contribution is -0.117. The van der Waals surface area contributed by atoms with E-state index in [0.29, 0.717) is 23.0 Å². The monoisotopic (exact) mass is 310 g/mol. The summed E-state index contributed by atoms with van der Waals surface area (Å²) in [5.41, 5.74) is 5.63. The molecule has 0 radical (unpaired) electrons. The summed E-state index contributed by atoms with van der Waals surface area (Å²) in [5, 5.41) is 8.37. The number of nitrogens with two attached hydrogens (primary N) is 1. The van der Waals surface area contributed by atoms with Gasteiger partial charge in [-0.05, 0) is 50.3 Å². The maximum absolute atomic E-state index is 12.0. The first-order valence-electron chi connectivity index (χ1n) is 7.12. The zero-order valence-corrected chi connectivity index (χ0v) is 13.0. The number of amides is 2. The third-order valence-corrected chi connectivity index (χ3v) is 4.46. The Kier molecular flexibility index (Phi) is 5.72. The molecule has 6 nitrogen and oxygen atoms in total. The van der Waals surface area contributed by atoms with Crippen LogP contribution in [0.3, 0.4) is 0 Å². The number of piperidine rings is 1. The highest BCUT2D eigenvalue weighted by Crippen LogP contribution is 2.22. The normalized spacial score (nSPS) is 16.1. The number of rotatable bonds is 6. The zero-order valence-electron chi connectivity index (χ0n) is 12.2. The average Bonchev–Trinajstić information content (AvgIpc) is 2.87. The van der Waals surface area contributed by atoms with E-state index in [0.717, 1.165) is 32.5 Å². The second kappa shape index (κ2) is 7.53. The fourth-order valence-corrected chi connectivity index (χ4v) is 3.39. The molecule has 116 valence electrons. The molecule has 4 N–H and O–H groups in total. The lowest BCUT2D eigenvalue weighted by Crippen LogP contribution is -2.37. The van der Waals surface area contributed by atoms with E-state index in [9.17, 15) is 9.59 Å². The minimum Gasteiger partial charge on any atom is -0.366 e. The van der Waals surface area contributed by atoms with E-state index < -0.39 is 5.91 Å². The second-order valence-corrected chi connectivity index (χ2v) is 6.38. The van der Waals surface area contributed by atoms with Gasteiger partial charge in [-0.2, -0.15) is 0 Å². The van der Waals surface area contributed by atoms with Crippen LogP contribution in [0.5, 0.6) is 0 Å². The van der Waals surface area contributed by atoms with Crippen molar-refractivity contribution in [2.24, 2.45) is 11.7 Å². The first kappa shape index (κ1) is 15.9. The van der Waals surface area contributed by atoms with Gasteiger partial charge in [-0.25, -0.2) is 0 Å². The van der Waals surface area contributed by atoms with E-state index in [4.69, 9.17) is 5.73 Å². The van der Waals surface area contributed by atoms with Crippen LogP contribution in [0.25, 0.3) is 0 Å². The largest absolute Gasteiger partial charge is 0.366 e. The first-order chi connectivity index (χ1) is 10.1. The van der Waals surface area contributed by atoms with Crippen LogP contribution < -0.4 is 16.4 Å². The number of anilines is 1. The van der Waals surface area contributed by atoms with Crippen molar-refractivity contribution in [1.29, 1.82) is 0 Å². The van der Waals surface area contributed by atoms with Gasteiger partial charge in [0.1, 0.15) is 5.00 Å². The predicted molar refractivity (Wildman–Crippen MR) is 84.6 cm³/mol. The van der Waals surface area contributed by atoms with Crippen LogP contribution in [0, 0.1) is 5.92 Å². The third-order valence-electron chi connectivity index (χ3n) is 3.63. The number of hydrogen-bond acceptors (Lipinski definition) is 5. The van der Waals surface area contributed by atoms with Crippen molar-refractivity contribution < 1.29 is 9.59 Å². The van der Waals surface area contributed by atoms with E-state index in [-0.39, 0.29) is 5.91 Å². The van der Waals surface area contributed by atoms with Gasteiger partial charge in [-0.3, -0.25) is 14.5 Å². The molecule has 1 saturated heterocycles. The highest BCUT2D eigenvalue weighted by Gasteiger charge is 2.17. The van der Waals surface area contributed by atoms with Gasteiger partial charge < -0.3 is 16.4 Å². The SMILES string of the molecule is CN(CC(=O)Nc1sccc1C(N)=O)CC1CCNCC1. The molecule has 0 spiro atoms. The van der Waals surface area contributed by atoms with E-state index in [1.807, 2.05) is 11.9 Å². The molecule has 0 bridgehead atoms. The number of nitrogens with zero attached hydrogens (tertiary/aromatic N) is 1. The number of thiophene rings is 1. The van der Waals surface area contributed by atoms with Gasteiger partial charge in [0.25, 0.3) is 5.91 Å². The highest BCUT2D eigenvalue weighted by atomic mass is 32.1. The maximum atomic E-state index is 12.0. The lowest BCUT2D eigenvalue weighted by atomic mass is 9.98. The number of hydrogen-bond donors (Lipinski definition) is 3. The zero-order chi connectivity index (χ0) is 15.2. The Balaban J connectivity index is 1.80. The Labute approximate surface area is 128 Å². The Bertz CT molecular complexity index is 497. The van der Waals surface area contributed by atoms with Gasteiger partial charge in [0, 0.05) is 6.54 Å². The van der Waals surface area contributed by atoms with Crippen LogP contribution in [-0.4, -0.2) is 49.9 Å². The fraction of sp³-hybridized carbons (Fsp3) is 0.571. The fourth-order valence-electron chi connectivity index (χ4n) is 2.58. The average molecular weight is 310 g/mol. The molecule has 2 heterocycles. The predicted octanol–water partition coefficient (Wildman–Crippen LogP) is 0.717. The Hall–Kier alpha value is -1.44. The molecule has 7 heteroatoms. The van der Waals surface area contributed by atoms with Gasteiger partial charge in [-0.1, -0.05) is 0 Å². The highest BCUT2D eigenvalue weighted by molar-refractivity contribution is 7.14. The summed E-state index contributed by atoms with van der Waals surface area (Å²) in [5.74, 6) is 0.0120. The summed E-state index contributed by atoms with van der Waals surface area (Å²) >= 11 is 1.31. The molecule has 2 amide bonds. The van der Waals surface area contributed by atoms with E-state index in [1.54, 1.807) is 11.4 Å². The van der Waals surface area contributed by atoms with Crippen molar-refractivity contribution in [3.05, 3.63) is 17.0 Å². The third kappa shape index (κ3) is 4.80. The molecule has 0 unspecified atom stereocenters. The summed E-state index contributed by atoms with van der Waals surface area (Å²) in [6.07, 6.45) is 2.31. The molecule has 1 aromatic heterocycles. The van der Waals surface area contributed by atoms with Crippen LogP contribution in [0.15, 0.2) is 11.4 Å². The number of carbonyl (C=O) groups excluding carboxylic acids is 2. The molecule has 0 aromatic carbocycles. The van der Waals surface area contributed by atoms with Crippen molar-refractivity contribution >= 4 is 28.2 Å². The summed E-state index contributed by atoms with van der Waals surface area (Å²) in [4.78, 5) is 25.3. The Morgan fingerprint density at radius 2 is 2.19 bits per heavy atom. The van der Waals surface area contributed by atoms with Crippen molar-refractivity contribution in [2.45, 2.75) is 12.8 Å². The number of likely N-dealkylation sites (N-methyl/N-ethyl adjacent to an activating group) is 1. The number of carbonyl (C=O) groups is 2. The van der Waals surface area contributed by atoms with Crippen LogP contribution in [0.2, 0.25) is 0 Å². The Morgan fingerprint density at radius 1 is 1.48 bits per heavy atom. The molecule has 0 aliphatic carbocycles. The molecule has 0 atom stereocenters. The van der Waals surface area contributed by atoms with Crippen molar-refractivity contribution in [3.8, 4) is 0 Å². The molecular formula is C14H22N4O2S. The minimum atomic E-state index is -0.519. The summed E-state index contributed by atoms with van der Waals surface area (Å²) in [6, 6.07) is 1.63. The molecule has 2 rings (SSSR count). The molecule has 1 aliphatic heterocycles. The molecule has 1 aliphatic rings. The first-order valence-corrected chi connectivity index (χ1v) is 8.00. The standard InChI is InChI=1S/C14H22N4O2S/c1-18(8-10-2-5-16-6-3-10)9-12(19)17-14-11(13(15)20)4-7-21-14/h4,7,10,16H,2-3,5-6,8-9H2,1H3,(H2,15,20)(H,17,19). The quantitative estimate of drug-likeness (QED) is 0.722. The molecular weight excluding hydrogens is 288 g/mol. The number of primary amides is 1. The smallest absolute Gasteiger partial charge is 0.251 e. The molecule has 0 saturated carbocycles. The van der Waals surface area contributed by atoms with Gasteiger partial charge in [0.2, 0.25) is 5.91 Å². The van der Waals surface area contributed by atoms with Gasteiger partial charge in [0.15, 0.2) is 0 Å². The number of nitrogens with one attached hydrogen (secondary N) is 2. The second-order valence-electron chi connectivity index (χ2n) is 5.47. The summed E-state index contributed by atoms with van der Waals surface area (Å²) < 4.78 is 0. The topological polar surface area (TPSA) is 87.5 Å². The van der Waals surface area contributed by atoms with Crippen LogP contribution in [-0.2, 0) is 4.79 Å². The van der Waals surface area contributed by atoms with Crippen molar-refractivity contribution in [1.82, 2.24) is 10.2 Å². The van der Waals surface area contributed by atoms with Crippen molar-refractivity contribution in [3.63, 3.8) is 0 Å². The lowest BCUT2D eigenvalue weighted by Gasteiger charge is -2.27. The van der Waals surface area contributed by atoms with Crippen LogP contribution in [0.1, 0.15) is 23.2 Å². The summed E-state index contributed by atoms with van der Waals surface area (Å²) in [6.45, 7) is 3.35. The molecule has 21 heavy (non-hydrogen) atoms. The minimum absolute atomic E-state index is 0.114. The molecule has 1 fully saturated rings. The van der Waals surface area contributed by atoms with E-state index in [2.05, 4.69) is 10.6 Å². The van der Waals surface area contributed by atoms with Crippen molar-refractivity contribution in [2.75, 3.05) is 38.5 Å². The summed E-state index contributed by atoms with van der Waals surface area (Å²) in [7, 11) is 1.95. The van der Waals surface area contributed by atoms with E-state index >= 15 is 0 Å². The van der Waals surface area contributed by atoms with Crippen LogP contribution in [0.4, 0.5) is 5.00 Å². The van der Waals surface area contributed by atoms with Crippen LogP contribution >= 0.6 is 11.3 Å². The van der Waals surface area contributed by atoms with Gasteiger partial charge >= 0.3 is 0 Å². The Morgan fingerprint density at radius 3 is 2.86 bits per heavy atom.